The summed E-state index contributed by atoms with van der Waals surface area (Å²) in [5.41, 5.74) is 2.39. The number of aryl methyl sites for hydroxylation is 1. The number of aromatic carboxylic acids is 1. The smallest absolute Gasteiger partial charge is 0.335 e. The molecular formula is C17H20N4O2S. The van der Waals surface area contributed by atoms with Crippen molar-refractivity contribution in [1.82, 2.24) is 4.57 Å². The molecule has 1 heterocycles. The highest BCUT2D eigenvalue weighted by Crippen LogP contribution is 2.14. The van der Waals surface area contributed by atoms with Gasteiger partial charge in [0.2, 0.25) is 4.80 Å². The molecule has 1 aromatic heterocycles. The lowest BCUT2D eigenvalue weighted by Gasteiger charge is -2.12. The van der Waals surface area contributed by atoms with Crippen LogP contribution in [0.4, 0.5) is 5.69 Å². The summed E-state index contributed by atoms with van der Waals surface area (Å²) in [4.78, 5) is 13.3. The van der Waals surface area contributed by atoms with E-state index in [0.29, 0.717) is 5.56 Å². The number of nitrogens with two attached hydrogens (primary N) is 1. The van der Waals surface area contributed by atoms with Crippen LogP contribution in [-0.4, -0.2) is 29.7 Å². The number of nitrogens with zero attached hydrogens (tertiary/aromatic N) is 3. The minimum Gasteiger partial charge on any atom is -0.478 e. The molecule has 0 bridgehead atoms. The van der Waals surface area contributed by atoms with Gasteiger partial charge in [0.15, 0.2) is 0 Å². The number of aromatic nitrogens is 1. The summed E-state index contributed by atoms with van der Waals surface area (Å²) in [5, 5.41) is 12.4. The first-order valence-corrected chi connectivity index (χ1v) is 8.05. The highest BCUT2D eigenvalue weighted by molar-refractivity contribution is 7.16. The molecule has 7 heteroatoms. The molecule has 0 fully saturated rings. The Morgan fingerprint density at radius 2 is 1.92 bits per heavy atom. The largest absolute Gasteiger partial charge is 0.478 e. The van der Waals surface area contributed by atoms with Gasteiger partial charge in [-0.1, -0.05) is 29.5 Å². The molecule has 0 atom stereocenters. The normalized spacial score (nSPS) is 11.0. The Kier molecular flexibility index (Phi) is 5.59. The molecule has 0 spiro atoms. The average Bonchev–Trinajstić information content (AvgIpc) is 2.92. The first kappa shape index (κ1) is 17.6. The Hall–Kier alpha value is -2.80. The van der Waals surface area contributed by atoms with Crippen LogP contribution in [0.1, 0.15) is 10.4 Å². The maximum Gasteiger partial charge on any atom is 0.335 e. The maximum absolute atomic E-state index is 10.6. The third-order valence-corrected chi connectivity index (χ3v) is 4.56. The van der Waals surface area contributed by atoms with Crippen LogP contribution in [0, 0.1) is 0 Å². The van der Waals surface area contributed by atoms with Gasteiger partial charge >= 0.3 is 5.97 Å². The van der Waals surface area contributed by atoms with Crippen molar-refractivity contribution < 1.29 is 9.90 Å². The Morgan fingerprint density at radius 3 is 2.50 bits per heavy atom. The summed E-state index contributed by atoms with van der Waals surface area (Å²) in [6.07, 6.45) is 0. The summed E-state index contributed by atoms with van der Waals surface area (Å²) in [6.45, 7) is 0. The Balaban J connectivity index is 0.000000174. The number of hydrogen-bond acceptors (Lipinski definition) is 5. The second kappa shape index (κ2) is 7.65. The van der Waals surface area contributed by atoms with Gasteiger partial charge in [0, 0.05) is 26.8 Å². The maximum atomic E-state index is 10.6. The van der Waals surface area contributed by atoms with Crippen molar-refractivity contribution in [2.75, 3.05) is 19.0 Å². The van der Waals surface area contributed by atoms with Gasteiger partial charge in [-0.05, 0) is 30.3 Å². The van der Waals surface area contributed by atoms with E-state index < -0.39 is 5.97 Å². The minimum absolute atomic E-state index is 0.321. The summed E-state index contributed by atoms with van der Waals surface area (Å²) >= 11 is 1.60. The Bertz CT molecular complexity index is 912. The van der Waals surface area contributed by atoms with E-state index in [9.17, 15) is 4.79 Å². The standard InChI is InChI=1S/C9H11NO2.C8H9N3S/c1-10(2)8-5-3-4-7(6-8)9(11)12;1-11-6-4-2-3-5-7(6)12-8(11)10-9/h3-6H,1-2H3,(H,11,12);2-5H,9H2,1H3. The van der Waals surface area contributed by atoms with Gasteiger partial charge in [-0.15, -0.1) is 0 Å². The van der Waals surface area contributed by atoms with E-state index in [2.05, 4.69) is 17.2 Å². The van der Waals surface area contributed by atoms with Gasteiger partial charge in [0.25, 0.3) is 0 Å². The fourth-order valence-electron chi connectivity index (χ4n) is 2.12. The number of carboxylic acid groups (broad SMARTS) is 1. The van der Waals surface area contributed by atoms with Crippen LogP contribution in [0.2, 0.25) is 0 Å². The lowest BCUT2D eigenvalue weighted by atomic mass is 10.2. The molecule has 0 amide bonds. The van der Waals surface area contributed by atoms with Gasteiger partial charge in [0.05, 0.1) is 15.8 Å². The molecule has 0 unspecified atom stereocenters. The highest BCUT2D eigenvalue weighted by Gasteiger charge is 2.03. The van der Waals surface area contributed by atoms with Gasteiger partial charge in [-0.3, -0.25) is 0 Å². The van der Waals surface area contributed by atoms with E-state index in [1.165, 1.54) is 10.2 Å². The van der Waals surface area contributed by atoms with Crippen LogP contribution >= 0.6 is 11.3 Å². The summed E-state index contributed by atoms with van der Waals surface area (Å²) in [5.74, 6) is 4.34. The van der Waals surface area contributed by atoms with Crippen LogP contribution in [0.15, 0.2) is 53.6 Å². The molecular weight excluding hydrogens is 324 g/mol. The monoisotopic (exact) mass is 344 g/mol. The van der Waals surface area contributed by atoms with Crippen LogP contribution in [0.5, 0.6) is 0 Å². The fourth-order valence-corrected chi connectivity index (χ4v) is 3.06. The quantitative estimate of drug-likeness (QED) is 0.552. The third-order valence-electron chi connectivity index (χ3n) is 3.43. The zero-order valence-corrected chi connectivity index (χ0v) is 14.6. The molecule has 0 aliphatic heterocycles. The second-order valence-electron chi connectivity index (χ2n) is 5.29. The molecule has 0 aliphatic carbocycles. The van der Waals surface area contributed by atoms with E-state index in [1.54, 1.807) is 29.5 Å². The van der Waals surface area contributed by atoms with E-state index in [4.69, 9.17) is 10.9 Å². The molecule has 3 aromatic rings. The van der Waals surface area contributed by atoms with Gasteiger partial charge in [0.1, 0.15) is 0 Å². The lowest BCUT2D eigenvalue weighted by molar-refractivity contribution is 0.0697. The number of anilines is 1. The van der Waals surface area contributed by atoms with E-state index in [0.717, 1.165) is 10.5 Å². The Morgan fingerprint density at radius 1 is 1.21 bits per heavy atom. The van der Waals surface area contributed by atoms with Gasteiger partial charge in [-0.25, -0.2) is 4.79 Å². The summed E-state index contributed by atoms with van der Waals surface area (Å²) < 4.78 is 3.20. The molecule has 0 saturated heterocycles. The van der Waals surface area contributed by atoms with Crippen LogP contribution in [-0.2, 0) is 7.05 Å². The molecule has 126 valence electrons. The number of para-hydroxylation sites is 1. The van der Waals surface area contributed by atoms with Crippen LogP contribution < -0.4 is 15.5 Å². The molecule has 3 N–H and O–H groups in total. The highest BCUT2D eigenvalue weighted by atomic mass is 32.1. The molecule has 3 rings (SSSR count). The predicted octanol–water partition coefficient (Wildman–Crippen LogP) is 2.47. The number of hydrogen-bond donors (Lipinski definition) is 2. The average molecular weight is 344 g/mol. The number of thiazole rings is 1. The van der Waals surface area contributed by atoms with E-state index >= 15 is 0 Å². The second-order valence-corrected chi connectivity index (χ2v) is 6.30. The predicted molar refractivity (Wildman–Crippen MR) is 98.3 cm³/mol. The molecule has 0 saturated carbocycles. The fraction of sp³-hybridized carbons (Fsp3) is 0.176. The number of carboxylic acids is 1. The molecule has 2 aromatic carbocycles. The van der Waals surface area contributed by atoms with Crippen LogP contribution in [0.3, 0.4) is 0 Å². The van der Waals surface area contributed by atoms with Crippen molar-refractivity contribution >= 4 is 33.2 Å². The molecule has 0 aliphatic rings. The summed E-state index contributed by atoms with van der Waals surface area (Å²) in [6, 6.07) is 15.0. The van der Waals surface area contributed by atoms with Crippen molar-refractivity contribution in [2.24, 2.45) is 18.0 Å². The zero-order chi connectivity index (χ0) is 17.7. The van der Waals surface area contributed by atoms with Crippen molar-refractivity contribution in [3.8, 4) is 0 Å². The van der Waals surface area contributed by atoms with Crippen molar-refractivity contribution in [3.63, 3.8) is 0 Å². The minimum atomic E-state index is -0.890. The number of fused-ring (bicyclic) bond motifs is 1. The number of carbonyl (C=O) groups is 1. The Labute approximate surface area is 144 Å². The van der Waals surface area contributed by atoms with E-state index in [-0.39, 0.29) is 0 Å². The van der Waals surface area contributed by atoms with E-state index in [1.807, 2.05) is 48.8 Å². The zero-order valence-electron chi connectivity index (χ0n) is 13.8. The third kappa shape index (κ3) is 3.94. The van der Waals surface area contributed by atoms with Crippen LogP contribution in [0.25, 0.3) is 10.2 Å². The first-order chi connectivity index (χ1) is 11.4. The molecule has 0 radical (unpaired) electrons. The lowest BCUT2D eigenvalue weighted by Crippen LogP contribution is -2.11. The summed E-state index contributed by atoms with van der Waals surface area (Å²) in [7, 11) is 5.71. The first-order valence-electron chi connectivity index (χ1n) is 7.23. The van der Waals surface area contributed by atoms with Gasteiger partial charge < -0.3 is 20.4 Å². The number of rotatable bonds is 2. The topological polar surface area (TPSA) is 83.9 Å². The number of benzene rings is 2. The van der Waals surface area contributed by atoms with Crippen molar-refractivity contribution in [2.45, 2.75) is 0 Å². The molecule has 6 nitrogen and oxygen atoms in total. The SMILES string of the molecule is CN(C)c1cccc(C(=O)O)c1.Cn1c(=NN)sc2ccccc21. The van der Waals surface area contributed by atoms with Gasteiger partial charge in [-0.2, -0.15) is 5.10 Å². The molecule has 24 heavy (non-hydrogen) atoms. The van der Waals surface area contributed by atoms with Crippen molar-refractivity contribution in [3.05, 3.63) is 58.9 Å². The van der Waals surface area contributed by atoms with Crippen molar-refractivity contribution in [1.29, 1.82) is 0 Å².